The molecule has 3 N–H and O–H groups in total. The smallest absolute Gasteiger partial charge is 0.408 e. The van der Waals surface area contributed by atoms with Crippen LogP contribution < -0.4 is 10.6 Å². The van der Waals surface area contributed by atoms with Gasteiger partial charge in [-0.1, -0.05) is 13.8 Å². The second-order valence-electron chi connectivity index (χ2n) is 10.8. The van der Waals surface area contributed by atoms with E-state index in [9.17, 15) is 24.3 Å². The summed E-state index contributed by atoms with van der Waals surface area (Å²) in [7, 11) is 0. The van der Waals surface area contributed by atoms with Crippen LogP contribution in [0.4, 0.5) is 4.79 Å². The normalized spacial score (nSPS) is 24.3. The zero-order chi connectivity index (χ0) is 24.8. The molecular formula is C24H41N3O6. The molecule has 0 aromatic rings. The lowest BCUT2D eigenvalue weighted by Gasteiger charge is -2.32. The Hall–Kier alpha value is -2.32. The molecule has 9 nitrogen and oxygen atoms in total. The summed E-state index contributed by atoms with van der Waals surface area (Å²) in [6.07, 6.45) is 4.17. The number of nitrogens with zero attached hydrogens (tertiary/aromatic N) is 1. The summed E-state index contributed by atoms with van der Waals surface area (Å²) in [6, 6.07) is -1.36. The average Bonchev–Trinajstić information content (AvgIpc) is 3.20. The van der Waals surface area contributed by atoms with E-state index in [0.717, 1.165) is 19.3 Å². The van der Waals surface area contributed by atoms with Gasteiger partial charge >= 0.3 is 12.1 Å². The Balaban J connectivity index is 1.81. The number of rotatable bonds is 8. The Morgan fingerprint density at radius 2 is 1.70 bits per heavy atom. The first-order valence-electron chi connectivity index (χ1n) is 12.2. The largest absolute Gasteiger partial charge is 0.480 e. The summed E-state index contributed by atoms with van der Waals surface area (Å²) in [5.74, 6) is -0.854. The molecule has 2 fully saturated rings. The second kappa shape index (κ2) is 11.7. The molecule has 0 aromatic heterocycles. The number of ether oxygens (including phenoxy) is 1. The van der Waals surface area contributed by atoms with Crippen LogP contribution in [0.5, 0.6) is 0 Å². The molecule has 1 saturated carbocycles. The monoisotopic (exact) mass is 467 g/mol. The average molecular weight is 468 g/mol. The topological polar surface area (TPSA) is 125 Å². The maximum atomic E-state index is 12.8. The van der Waals surface area contributed by atoms with Crippen molar-refractivity contribution in [2.75, 3.05) is 13.1 Å². The fourth-order valence-corrected chi connectivity index (χ4v) is 4.66. The first-order chi connectivity index (χ1) is 15.4. The number of aliphatic carboxylic acids is 1. The SMILES string of the molecule is CC(C)C[C@H](NC(=O)OC(C)(C)C)C(=O)NCC1CCC(C(=O)N2CCC[C@@H]2C(=O)O)CC1. The molecule has 1 saturated heterocycles. The van der Waals surface area contributed by atoms with E-state index in [1.54, 1.807) is 20.8 Å². The van der Waals surface area contributed by atoms with E-state index >= 15 is 0 Å². The van der Waals surface area contributed by atoms with Crippen molar-refractivity contribution < 1.29 is 29.0 Å². The molecule has 0 aromatic carbocycles. The first kappa shape index (κ1) is 26.9. The zero-order valence-corrected chi connectivity index (χ0v) is 20.7. The van der Waals surface area contributed by atoms with Gasteiger partial charge in [-0.05, 0) is 77.6 Å². The van der Waals surface area contributed by atoms with Gasteiger partial charge in [0.2, 0.25) is 11.8 Å². The summed E-state index contributed by atoms with van der Waals surface area (Å²) in [4.78, 5) is 50.7. The van der Waals surface area contributed by atoms with Gasteiger partial charge in [-0.25, -0.2) is 9.59 Å². The van der Waals surface area contributed by atoms with Gasteiger partial charge in [0.1, 0.15) is 17.7 Å². The highest BCUT2D eigenvalue weighted by Crippen LogP contribution is 2.32. The number of carboxylic acid groups (broad SMARTS) is 1. The van der Waals surface area contributed by atoms with E-state index < -0.39 is 29.7 Å². The molecule has 0 unspecified atom stereocenters. The lowest BCUT2D eigenvalue weighted by atomic mass is 9.81. The van der Waals surface area contributed by atoms with E-state index in [-0.39, 0.29) is 29.6 Å². The van der Waals surface area contributed by atoms with E-state index in [1.807, 2.05) is 13.8 Å². The number of likely N-dealkylation sites (tertiary alicyclic amines) is 1. The van der Waals surface area contributed by atoms with Gasteiger partial charge < -0.3 is 25.4 Å². The van der Waals surface area contributed by atoms with E-state index in [4.69, 9.17) is 4.74 Å². The Labute approximate surface area is 197 Å². The van der Waals surface area contributed by atoms with Crippen molar-refractivity contribution in [3.8, 4) is 0 Å². The van der Waals surface area contributed by atoms with Crippen molar-refractivity contribution in [2.45, 2.75) is 97.2 Å². The van der Waals surface area contributed by atoms with Crippen LogP contribution in [0.15, 0.2) is 0 Å². The highest BCUT2D eigenvalue weighted by atomic mass is 16.6. The molecule has 0 radical (unpaired) electrons. The summed E-state index contributed by atoms with van der Waals surface area (Å²) >= 11 is 0. The minimum absolute atomic E-state index is 0.0408. The van der Waals surface area contributed by atoms with Gasteiger partial charge in [-0.2, -0.15) is 0 Å². The minimum Gasteiger partial charge on any atom is -0.480 e. The quantitative estimate of drug-likeness (QED) is 0.504. The third-order valence-corrected chi connectivity index (χ3v) is 6.30. The van der Waals surface area contributed by atoms with E-state index in [2.05, 4.69) is 10.6 Å². The Kier molecular flexibility index (Phi) is 9.55. The zero-order valence-electron chi connectivity index (χ0n) is 20.7. The maximum absolute atomic E-state index is 12.8. The predicted octanol–water partition coefficient (Wildman–Crippen LogP) is 2.92. The van der Waals surface area contributed by atoms with Crippen LogP contribution in [-0.4, -0.2) is 64.7 Å². The molecule has 1 aliphatic heterocycles. The van der Waals surface area contributed by atoms with Gasteiger partial charge in [0.05, 0.1) is 0 Å². The third kappa shape index (κ3) is 8.51. The molecule has 1 aliphatic carbocycles. The number of hydrogen-bond acceptors (Lipinski definition) is 5. The van der Waals surface area contributed by atoms with E-state index in [0.29, 0.717) is 38.8 Å². The molecule has 188 valence electrons. The van der Waals surface area contributed by atoms with Gasteiger partial charge in [-0.3, -0.25) is 9.59 Å². The van der Waals surface area contributed by atoms with Crippen molar-refractivity contribution >= 4 is 23.9 Å². The van der Waals surface area contributed by atoms with Crippen molar-refractivity contribution in [3.63, 3.8) is 0 Å². The maximum Gasteiger partial charge on any atom is 0.408 e. The lowest BCUT2D eigenvalue weighted by Crippen LogP contribution is -2.49. The van der Waals surface area contributed by atoms with Crippen molar-refractivity contribution in [2.24, 2.45) is 17.8 Å². The van der Waals surface area contributed by atoms with Gasteiger partial charge in [0.15, 0.2) is 0 Å². The van der Waals surface area contributed by atoms with Crippen LogP contribution in [0.25, 0.3) is 0 Å². The second-order valence-corrected chi connectivity index (χ2v) is 10.8. The summed E-state index contributed by atoms with van der Waals surface area (Å²) in [5, 5.41) is 15.0. The van der Waals surface area contributed by atoms with Gasteiger partial charge in [-0.15, -0.1) is 0 Å². The molecule has 9 heteroatoms. The Morgan fingerprint density at radius 3 is 2.24 bits per heavy atom. The first-order valence-corrected chi connectivity index (χ1v) is 12.2. The summed E-state index contributed by atoms with van der Waals surface area (Å²) in [6.45, 7) is 10.3. The van der Waals surface area contributed by atoms with Crippen LogP contribution in [-0.2, 0) is 19.1 Å². The van der Waals surface area contributed by atoms with Crippen molar-refractivity contribution in [1.82, 2.24) is 15.5 Å². The predicted molar refractivity (Wildman–Crippen MR) is 123 cm³/mol. The van der Waals surface area contributed by atoms with Crippen LogP contribution in [0.1, 0.15) is 79.6 Å². The number of amides is 3. The third-order valence-electron chi connectivity index (χ3n) is 6.30. The number of carboxylic acids is 1. The van der Waals surface area contributed by atoms with Crippen LogP contribution in [0, 0.1) is 17.8 Å². The number of hydrogen-bond donors (Lipinski definition) is 3. The Morgan fingerprint density at radius 1 is 1.06 bits per heavy atom. The van der Waals surface area contributed by atoms with E-state index in [1.165, 1.54) is 4.90 Å². The number of carbonyl (C=O) groups excluding carboxylic acids is 3. The standard InChI is InChI=1S/C24H41N3O6/c1-15(2)13-18(26-23(32)33-24(3,4)5)20(28)25-14-16-8-10-17(11-9-16)21(29)27-12-6-7-19(27)22(30)31/h15-19H,6-14H2,1-5H3,(H,25,28)(H,26,32)(H,30,31)/t16?,17?,18-,19+/m0/s1. The molecule has 2 atom stereocenters. The Bertz CT molecular complexity index is 709. The summed E-state index contributed by atoms with van der Waals surface area (Å²) in [5.41, 5.74) is -0.640. The van der Waals surface area contributed by atoms with Crippen LogP contribution in [0.3, 0.4) is 0 Å². The number of nitrogens with one attached hydrogen (secondary N) is 2. The highest BCUT2D eigenvalue weighted by Gasteiger charge is 2.38. The molecule has 0 bridgehead atoms. The molecule has 3 amide bonds. The fourth-order valence-electron chi connectivity index (χ4n) is 4.66. The molecule has 2 rings (SSSR count). The number of alkyl carbamates (subject to hydrolysis) is 1. The minimum atomic E-state index is -0.923. The molecule has 0 spiro atoms. The molecule has 33 heavy (non-hydrogen) atoms. The van der Waals surface area contributed by atoms with Crippen molar-refractivity contribution in [1.29, 1.82) is 0 Å². The molecular weight excluding hydrogens is 426 g/mol. The highest BCUT2D eigenvalue weighted by molar-refractivity contribution is 5.86. The van der Waals surface area contributed by atoms with Crippen LogP contribution >= 0.6 is 0 Å². The lowest BCUT2D eigenvalue weighted by molar-refractivity contribution is -0.150. The van der Waals surface area contributed by atoms with Crippen molar-refractivity contribution in [3.05, 3.63) is 0 Å². The molecule has 2 aliphatic rings. The van der Waals surface area contributed by atoms with Gasteiger partial charge in [0, 0.05) is 19.0 Å². The van der Waals surface area contributed by atoms with Gasteiger partial charge in [0.25, 0.3) is 0 Å². The van der Waals surface area contributed by atoms with Crippen LogP contribution in [0.2, 0.25) is 0 Å². The molecule has 1 heterocycles. The summed E-state index contributed by atoms with van der Waals surface area (Å²) < 4.78 is 5.29. The fraction of sp³-hybridized carbons (Fsp3) is 0.833. The number of carbonyl (C=O) groups is 4.